The summed E-state index contributed by atoms with van der Waals surface area (Å²) < 4.78 is 22.8. The number of nitrogens with zero attached hydrogens (tertiary/aromatic N) is 2. The minimum absolute atomic E-state index is 0.0000458. The maximum Gasteiger partial charge on any atom is 0.408 e. The molecule has 0 bridgehead atoms. The molecule has 2 aromatic rings. The molecule has 264 valence electrons. The maximum absolute atomic E-state index is 14.5. The molecule has 0 radical (unpaired) electrons. The van der Waals surface area contributed by atoms with E-state index in [1.54, 1.807) is 59.2 Å². The lowest BCUT2D eigenvalue weighted by molar-refractivity contribution is -0.151. The highest BCUT2D eigenvalue weighted by molar-refractivity contribution is 6.31. The molecule has 1 aromatic heterocycles. The summed E-state index contributed by atoms with van der Waals surface area (Å²) in [5.41, 5.74) is -2.73. The highest BCUT2D eigenvalue weighted by Gasteiger charge is 2.63. The molecule has 13 heteroatoms. The van der Waals surface area contributed by atoms with Gasteiger partial charge >= 0.3 is 12.1 Å². The number of methoxy groups -OCH3 is 1. The third-order valence-electron chi connectivity index (χ3n) is 8.97. The second-order valence-corrected chi connectivity index (χ2v) is 15.1. The minimum Gasteiger partial charge on any atom is -0.494 e. The van der Waals surface area contributed by atoms with Crippen LogP contribution in [0.3, 0.4) is 0 Å². The molecule has 2 N–H and O–H groups in total. The van der Waals surface area contributed by atoms with Crippen LogP contribution in [-0.2, 0) is 23.9 Å². The number of fused-ring (bicyclic) bond motifs is 1. The number of likely N-dealkylation sites (tertiary alicyclic amines) is 1. The molecule has 6 atom stereocenters. The summed E-state index contributed by atoms with van der Waals surface area (Å²) in [6, 6.07) is 3.15. The Kier molecular flexibility index (Phi) is 10.8. The van der Waals surface area contributed by atoms with E-state index in [0.29, 0.717) is 29.0 Å². The predicted octanol–water partition coefficient (Wildman–Crippen LogP) is 5.28. The summed E-state index contributed by atoms with van der Waals surface area (Å²) in [5.74, 6) is -1.36. The van der Waals surface area contributed by atoms with Crippen molar-refractivity contribution in [3.05, 3.63) is 29.4 Å². The van der Waals surface area contributed by atoms with Gasteiger partial charge in [-0.05, 0) is 63.6 Å². The Morgan fingerprint density at radius 3 is 2.35 bits per heavy atom. The second kappa shape index (κ2) is 14.0. The van der Waals surface area contributed by atoms with Crippen molar-refractivity contribution in [3.8, 4) is 11.6 Å². The Bertz CT molecular complexity index is 1550. The van der Waals surface area contributed by atoms with E-state index in [-0.39, 0.29) is 24.9 Å². The van der Waals surface area contributed by atoms with Gasteiger partial charge in [-0.1, -0.05) is 52.6 Å². The lowest BCUT2D eigenvalue weighted by Crippen LogP contribution is -2.60. The average molecular weight is 689 g/mol. The normalized spacial score (nSPS) is 24.4. The number of alkyl carbamates (subject to hydrolysis) is 1. The molecule has 1 saturated heterocycles. The van der Waals surface area contributed by atoms with E-state index in [1.165, 1.54) is 4.90 Å². The predicted molar refractivity (Wildman–Crippen MR) is 181 cm³/mol. The monoisotopic (exact) mass is 688 g/mol. The molecule has 2 heterocycles. The van der Waals surface area contributed by atoms with Crippen molar-refractivity contribution in [2.75, 3.05) is 20.3 Å². The van der Waals surface area contributed by atoms with Crippen molar-refractivity contribution in [2.45, 2.75) is 104 Å². The van der Waals surface area contributed by atoms with Crippen LogP contribution >= 0.6 is 11.6 Å². The standard InChI is InChI=1S/C35H49ClN4O8/c1-11-20-16-35(20,31(43)46-12-2)39-28(41)26-19(3)25(47-29-23-15-21(36)13-14-22(23)24(45-10)17-37-29)18-40(26)30(42)27(33(4,5)6)38-32(44)48-34(7,8)9/h13-15,17,19-20,25-27H,11-12,16,18H2,1-10H3,(H,38,44)(H,39,41). The van der Waals surface area contributed by atoms with Crippen molar-refractivity contribution in [1.29, 1.82) is 0 Å². The molecule has 1 aliphatic heterocycles. The summed E-state index contributed by atoms with van der Waals surface area (Å²) in [5, 5.41) is 7.51. The van der Waals surface area contributed by atoms with E-state index in [0.717, 1.165) is 5.39 Å². The van der Waals surface area contributed by atoms with Crippen LogP contribution in [0.25, 0.3) is 10.8 Å². The summed E-state index contributed by atoms with van der Waals surface area (Å²) in [4.78, 5) is 60.8. The zero-order valence-electron chi connectivity index (χ0n) is 29.6. The van der Waals surface area contributed by atoms with E-state index < -0.39 is 64.5 Å². The number of ether oxygens (including phenoxy) is 4. The third kappa shape index (κ3) is 7.74. The summed E-state index contributed by atoms with van der Waals surface area (Å²) >= 11 is 6.35. The zero-order chi connectivity index (χ0) is 35.8. The molecule has 4 rings (SSSR count). The van der Waals surface area contributed by atoms with Gasteiger partial charge in [0.05, 0.1) is 26.5 Å². The number of esters is 1. The van der Waals surface area contributed by atoms with Crippen molar-refractivity contribution >= 4 is 46.3 Å². The van der Waals surface area contributed by atoms with Crippen LogP contribution in [0.15, 0.2) is 24.4 Å². The van der Waals surface area contributed by atoms with Crippen LogP contribution in [0.5, 0.6) is 11.6 Å². The van der Waals surface area contributed by atoms with E-state index in [9.17, 15) is 19.2 Å². The van der Waals surface area contributed by atoms with Gasteiger partial charge in [-0.2, -0.15) is 0 Å². The number of carbonyl (C=O) groups excluding carboxylic acids is 4. The number of hydrogen-bond donors (Lipinski definition) is 2. The van der Waals surface area contributed by atoms with E-state index in [4.69, 9.17) is 30.5 Å². The Morgan fingerprint density at radius 1 is 1.10 bits per heavy atom. The van der Waals surface area contributed by atoms with Gasteiger partial charge in [0, 0.05) is 21.7 Å². The molecule has 1 aromatic carbocycles. The fraction of sp³-hybridized carbons (Fsp3) is 0.629. The molecule has 1 saturated carbocycles. The third-order valence-corrected chi connectivity index (χ3v) is 9.20. The highest BCUT2D eigenvalue weighted by atomic mass is 35.5. The quantitative estimate of drug-likeness (QED) is 0.319. The largest absolute Gasteiger partial charge is 0.494 e. The first kappa shape index (κ1) is 37.0. The van der Waals surface area contributed by atoms with Gasteiger partial charge in [0.15, 0.2) is 0 Å². The number of pyridine rings is 1. The second-order valence-electron chi connectivity index (χ2n) is 14.7. The van der Waals surface area contributed by atoms with Gasteiger partial charge in [0.2, 0.25) is 17.7 Å². The number of rotatable bonds is 10. The molecule has 48 heavy (non-hydrogen) atoms. The number of benzene rings is 1. The number of amides is 3. The Labute approximate surface area is 287 Å². The van der Waals surface area contributed by atoms with Crippen LogP contribution < -0.4 is 20.1 Å². The zero-order valence-corrected chi connectivity index (χ0v) is 30.3. The lowest BCUT2D eigenvalue weighted by Gasteiger charge is -2.36. The first-order chi connectivity index (χ1) is 22.4. The Morgan fingerprint density at radius 2 is 1.79 bits per heavy atom. The maximum atomic E-state index is 14.5. The smallest absolute Gasteiger partial charge is 0.408 e. The summed E-state index contributed by atoms with van der Waals surface area (Å²) in [7, 11) is 1.54. The fourth-order valence-electron chi connectivity index (χ4n) is 6.35. The van der Waals surface area contributed by atoms with Crippen molar-refractivity contribution in [3.63, 3.8) is 0 Å². The molecule has 3 amide bonds. The lowest BCUT2D eigenvalue weighted by atomic mass is 9.85. The topological polar surface area (TPSA) is 145 Å². The van der Waals surface area contributed by atoms with Crippen LogP contribution in [0, 0.1) is 17.3 Å². The minimum atomic E-state index is -1.17. The van der Waals surface area contributed by atoms with E-state index in [2.05, 4.69) is 15.6 Å². The van der Waals surface area contributed by atoms with Crippen LogP contribution in [0.4, 0.5) is 4.79 Å². The molecule has 2 aliphatic rings. The van der Waals surface area contributed by atoms with Crippen LogP contribution in [0.2, 0.25) is 5.02 Å². The van der Waals surface area contributed by atoms with Gasteiger partial charge < -0.3 is 34.5 Å². The van der Waals surface area contributed by atoms with Gasteiger partial charge in [-0.3, -0.25) is 9.59 Å². The fourth-order valence-corrected chi connectivity index (χ4v) is 6.52. The molecular formula is C35H49ClN4O8. The van der Waals surface area contributed by atoms with Gasteiger partial charge in [0.1, 0.15) is 35.1 Å². The first-order valence-electron chi connectivity index (χ1n) is 16.4. The summed E-state index contributed by atoms with van der Waals surface area (Å²) in [6.45, 7) is 16.3. The summed E-state index contributed by atoms with van der Waals surface area (Å²) in [6.07, 6.45) is 1.19. The van der Waals surface area contributed by atoms with E-state index in [1.807, 2.05) is 34.6 Å². The van der Waals surface area contributed by atoms with Gasteiger partial charge in [0.25, 0.3) is 0 Å². The van der Waals surface area contributed by atoms with Crippen molar-refractivity contribution < 1.29 is 38.1 Å². The van der Waals surface area contributed by atoms with Crippen LogP contribution in [-0.4, -0.2) is 83.3 Å². The van der Waals surface area contributed by atoms with E-state index >= 15 is 0 Å². The number of aromatic nitrogens is 1. The molecular weight excluding hydrogens is 640 g/mol. The Hall–Kier alpha value is -3.80. The average Bonchev–Trinajstić information content (AvgIpc) is 3.61. The van der Waals surface area contributed by atoms with Gasteiger partial charge in [-0.25, -0.2) is 14.6 Å². The number of hydrogen-bond acceptors (Lipinski definition) is 9. The molecule has 0 spiro atoms. The SMILES string of the molecule is CCOC(=O)C1(NC(=O)C2C(C)C(Oc3ncc(OC)c4ccc(Cl)cc34)CN2C(=O)C(NC(=O)OC(C)(C)C)C(C)(C)C)CC1CC. The van der Waals surface area contributed by atoms with Crippen LogP contribution in [0.1, 0.15) is 75.2 Å². The first-order valence-corrected chi connectivity index (χ1v) is 16.8. The highest BCUT2D eigenvalue weighted by Crippen LogP contribution is 2.47. The molecule has 2 fully saturated rings. The van der Waals surface area contributed by atoms with Gasteiger partial charge in [-0.15, -0.1) is 0 Å². The number of nitrogens with one attached hydrogen (secondary N) is 2. The van der Waals surface area contributed by atoms with Crippen molar-refractivity contribution in [1.82, 2.24) is 20.5 Å². The molecule has 6 unspecified atom stereocenters. The Balaban J connectivity index is 1.73. The number of halogens is 1. The molecule has 1 aliphatic carbocycles. The van der Waals surface area contributed by atoms with Crippen molar-refractivity contribution in [2.24, 2.45) is 17.3 Å². The molecule has 12 nitrogen and oxygen atoms in total. The number of carbonyl (C=O) groups is 4.